The number of anilines is 2. The molecule has 1 saturated heterocycles. The standard InChI is InChI=1S/C19H23N3O3S/c1-13-4-5-15(10-14(13)2)19(23)21-16-6-7-18(20-11-16)22(3)17-8-9-26(24,25)12-17/h4-7,10-11,17H,8-9,12H2,1-3H3,(H,21,23). The molecule has 138 valence electrons. The Balaban J connectivity index is 1.67. The summed E-state index contributed by atoms with van der Waals surface area (Å²) in [6, 6.07) is 9.11. The minimum Gasteiger partial charge on any atom is -0.356 e. The topological polar surface area (TPSA) is 79.4 Å². The lowest BCUT2D eigenvalue weighted by molar-refractivity contribution is 0.102. The maximum absolute atomic E-state index is 12.4. The number of pyridine rings is 1. The molecule has 26 heavy (non-hydrogen) atoms. The molecule has 1 aromatic carbocycles. The SMILES string of the molecule is Cc1ccc(C(=O)Nc2ccc(N(C)C3CCS(=O)(=O)C3)nc2)cc1C. The van der Waals surface area contributed by atoms with E-state index in [4.69, 9.17) is 0 Å². The number of aryl methyl sites for hydroxylation is 2. The molecule has 1 fully saturated rings. The van der Waals surface area contributed by atoms with Crippen LogP contribution < -0.4 is 10.2 Å². The van der Waals surface area contributed by atoms with Crippen molar-refractivity contribution in [2.24, 2.45) is 0 Å². The van der Waals surface area contributed by atoms with Crippen molar-refractivity contribution in [2.75, 3.05) is 28.8 Å². The van der Waals surface area contributed by atoms with Crippen molar-refractivity contribution in [1.29, 1.82) is 0 Å². The molecule has 2 aromatic rings. The highest BCUT2D eigenvalue weighted by atomic mass is 32.2. The number of hydrogen-bond donors (Lipinski definition) is 1. The minimum absolute atomic E-state index is 0.0523. The number of carbonyl (C=O) groups is 1. The molecular formula is C19H23N3O3S. The van der Waals surface area contributed by atoms with Crippen molar-refractivity contribution in [1.82, 2.24) is 4.98 Å². The van der Waals surface area contributed by atoms with Gasteiger partial charge in [-0.1, -0.05) is 6.07 Å². The van der Waals surface area contributed by atoms with Crippen molar-refractivity contribution in [3.63, 3.8) is 0 Å². The van der Waals surface area contributed by atoms with Crippen LogP contribution in [0.25, 0.3) is 0 Å². The van der Waals surface area contributed by atoms with Gasteiger partial charge in [-0.2, -0.15) is 0 Å². The molecule has 0 spiro atoms. The van der Waals surface area contributed by atoms with Crippen LogP contribution in [0.3, 0.4) is 0 Å². The maximum atomic E-state index is 12.4. The second-order valence-corrected chi connectivity index (χ2v) is 9.05. The first-order valence-corrected chi connectivity index (χ1v) is 10.4. The Morgan fingerprint density at radius 2 is 1.96 bits per heavy atom. The summed E-state index contributed by atoms with van der Waals surface area (Å²) in [4.78, 5) is 18.6. The molecule has 1 atom stereocenters. The van der Waals surface area contributed by atoms with Gasteiger partial charge in [0.1, 0.15) is 5.82 Å². The van der Waals surface area contributed by atoms with Crippen LogP contribution in [0.2, 0.25) is 0 Å². The van der Waals surface area contributed by atoms with Gasteiger partial charge in [-0.05, 0) is 55.7 Å². The van der Waals surface area contributed by atoms with Gasteiger partial charge in [0.15, 0.2) is 9.84 Å². The molecule has 3 rings (SSSR count). The molecule has 0 radical (unpaired) electrons. The van der Waals surface area contributed by atoms with Crippen LogP contribution in [-0.4, -0.2) is 43.9 Å². The Kier molecular flexibility index (Phi) is 5.00. The van der Waals surface area contributed by atoms with Gasteiger partial charge in [-0.3, -0.25) is 4.79 Å². The number of nitrogens with zero attached hydrogens (tertiary/aromatic N) is 2. The maximum Gasteiger partial charge on any atom is 0.255 e. The minimum atomic E-state index is -2.94. The molecule has 1 N–H and O–H groups in total. The summed E-state index contributed by atoms with van der Waals surface area (Å²) in [6.07, 6.45) is 2.21. The van der Waals surface area contributed by atoms with Crippen LogP contribution in [0, 0.1) is 13.8 Å². The smallest absolute Gasteiger partial charge is 0.255 e. The van der Waals surface area contributed by atoms with Crippen molar-refractivity contribution < 1.29 is 13.2 Å². The third kappa shape index (κ3) is 4.04. The van der Waals surface area contributed by atoms with Crippen LogP contribution >= 0.6 is 0 Å². The van der Waals surface area contributed by atoms with E-state index in [0.29, 0.717) is 23.5 Å². The fourth-order valence-corrected chi connectivity index (χ4v) is 4.80. The third-order valence-corrected chi connectivity index (χ3v) is 6.64. The van der Waals surface area contributed by atoms with E-state index in [1.807, 2.05) is 37.9 Å². The van der Waals surface area contributed by atoms with Gasteiger partial charge in [-0.15, -0.1) is 0 Å². The zero-order valence-electron chi connectivity index (χ0n) is 15.2. The predicted molar refractivity (Wildman–Crippen MR) is 104 cm³/mol. The zero-order valence-corrected chi connectivity index (χ0v) is 16.0. The number of sulfone groups is 1. The van der Waals surface area contributed by atoms with Crippen LogP contribution in [0.4, 0.5) is 11.5 Å². The Bertz CT molecular complexity index is 924. The summed E-state index contributed by atoms with van der Waals surface area (Å²) < 4.78 is 23.3. The lowest BCUT2D eigenvalue weighted by Crippen LogP contribution is -2.33. The van der Waals surface area contributed by atoms with Crippen LogP contribution in [-0.2, 0) is 9.84 Å². The second-order valence-electron chi connectivity index (χ2n) is 6.83. The molecule has 1 aliphatic rings. The van der Waals surface area contributed by atoms with E-state index >= 15 is 0 Å². The van der Waals surface area contributed by atoms with Crippen molar-refractivity contribution in [2.45, 2.75) is 26.3 Å². The molecule has 7 heteroatoms. The van der Waals surface area contributed by atoms with E-state index in [9.17, 15) is 13.2 Å². The monoisotopic (exact) mass is 373 g/mol. The number of rotatable bonds is 4. The van der Waals surface area contributed by atoms with Gasteiger partial charge in [-0.25, -0.2) is 13.4 Å². The van der Waals surface area contributed by atoms with Gasteiger partial charge >= 0.3 is 0 Å². The lowest BCUT2D eigenvalue weighted by Gasteiger charge is -2.24. The predicted octanol–water partition coefficient (Wildman–Crippen LogP) is 2.57. The highest BCUT2D eigenvalue weighted by Gasteiger charge is 2.31. The van der Waals surface area contributed by atoms with E-state index in [0.717, 1.165) is 11.1 Å². The lowest BCUT2D eigenvalue weighted by atomic mass is 10.1. The summed E-state index contributed by atoms with van der Waals surface area (Å²) in [5.74, 6) is 0.900. The van der Waals surface area contributed by atoms with Crippen molar-refractivity contribution in [3.05, 3.63) is 53.2 Å². The van der Waals surface area contributed by atoms with E-state index in [1.165, 1.54) is 0 Å². The fourth-order valence-electron chi connectivity index (χ4n) is 3.02. The number of carbonyl (C=O) groups excluding carboxylic acids is 1. The molecule has 1 aliphatic heterocycles. The molecule has 0 aliphatic carbocycles. The first kappa shape index (κ1) is 18.4. The Morgan fingerprint density at radius 1 is 1.19 bits per heavy atom. The van der Waals surface area contributed by atoms with E-state index in [-0.39, 0.29) is 23.5 Å². The average Bonchev–Trinajstić information content (AvgIpc) is 2.97. The molecule has 0 saturated carbocycles. The highest BCUT2D eigenvalue weighted by molar-refractivity contribution is 7.91. The zero-order chi connectivity index (χ0) is 18.9. The number of nitrogens with one attached hydrogen (secondary N) is 1. The third-order valence-electron chi connectivity index (χ3n) is 4.89. The molecule has 1 unspecified atom stereocenters. The molecular weight excluding hydrogens is 350 g/mol. The number of amides is 1. The summed E-state index contributed by atoms with van der Waals surface area (Å²) in [5.41, 5.74) is 3.42. The summed E-state index contributed by atoms with van der Waals surface area (Å²) >= 11 is 0. The Hall–Kier alpha value is -2.41. The summed E-state index contributed by atoms with van der Waals surface area (Å²) in [7, 11) is -1.09. The quantitative estimate of drug-likeness (QED) is 0.891. The van der Waals surface area contributed by atoms with Gasteiger partial charge in [0.05, 0.1) is 23.4 Å². The normalized spacial score (nSPS) is 18.5. The second kappa shape index (κ2) is 7.07. The van der Waals surface area contributed by atoms with Crippen LogP contribution in [0.1, 0.15) is 27.9 Å². The molecule has 0 bridgehead atoms. The summed E-state index contributed by atoms with van der Waals surface area (Å²) in [6.45, 7) is 3.98. The Morgan fingerprint density at radius 3 is 2.54 bits per heavy atom. The Labute approximate surface area is 154 Å². The van der Waals surface area contributed by atoms with Gasteiger partial charge in [0.25, 0.3) is 5.91 Å². The number of aromatic nitrogens is 1. The van der Waals surface area contributed by atoms with E-state index in [2.05, 4.69) is 10.3 Å². The molecule has 1 aromatic heterocycles. The van der Waals surface area contributed by atoms with Crippen LogP contribution in [0.5, 0.6) is 0 Å². The molecule has 1 amide bonds. The highest BCUT2D eigenvalue weighted by Crippen LogP contribution is 2.22. The molecule has 6 nitrogen and oxygen atoms in total. The summed E-state index contributed by atoms with van der Waals surface area (Å²) in [5, 5.41) is 2.84. The van der Waals surface area contributed by atoms with Crippen LogP contribution in [0.15, 0.2) is 36.5 Å². The van der Waals surface area contributed by atoms with E-state index in [1.54, 1.807) is 24.4 Å². The number of benzene rings is 1. The van der Waals surface area contributed by atoms with Gasteiger partial charge in [0, 0.05) is 18.7 Å². The average molecular weight is 373 g/mol. The van der Waals surface area contributed by atoms with Crippen molar-refractivity contribution >= 4 is 27.2 Å². The van der Waals surface area contributed by atoms with Gasteiger partial charge < -0.3 is 10.2 Å². The first-order valence-electron chi connectivity index (χ1n) is 8.53. The largest absolute Gasteiger partial charge is 0.356 e. The number of hydrogen-bond acceptors (Lipinski definition) is 5. The van der Waals surface area contributed by atoms with Gasteiger partial charge in [0.2, 0.25) is 0 Å². The molecule has 2 heterocycles. The van der Waals surface area contributed by atoms with Crippen molar-refractivity contribution in [3.8, 4) is 0 Å². The first-order chi connectivity index (χ1) is 12.2. The van der Waals surface area contributed by atoms with E-state index < -0.39 is 9.84 Å². The fraction of sp³-hybridized carbons (Fsp3) is 0.368.